The van der Waals surface area contributed by atoms with Gasteiger partial charge in [-0.15, -0.1) is 0 Å². The first-order valence-electron chi connectivity index (χ1n) is 6.29. The number of hydrogen-bond acceptors (Lipinski definition) is 5. The van der Waals surface area contributed by atoms with E-state index >= 15 is 0 Å². The first-order chi connectivity index (χ1) is 9.14. The van der Waals surface area contributed by atoms with Crippen LogP contribution in [0.1, 0.15) is 5.56 Å². The van der Waals surface area contributed by atoms with Crippen molar-refractivity contribution in [3.05, 3.63) is 17.7 Å². The zero-order valence-corrected chi connectivity index (χ0v) is 11.7. The normalized spacial score (nSPS) is 16.6. The molecular formula is C14H21NO4. The lowest BCUT2D eigenvalue weighted by atomic mass is 9.87. The molecule has 1 heterocycles. The number of ether oxygens (including phenoxy) is 3. The Morgan fingerprint density at radius 1 is 1.26 bits per heavy atom. The van der Waals surface area contributed by atoms with Crippen molar-refractivity contribution in [3.63, 3.8) is 0 Å². The lowest BCUT2D eigenvalue weighted by Gasteiger charge is -2.40. The van der Waals surface area contributed by atoms with Crippen molar-refractivity contribution in [1.29, 1.82) is 0 Å². The number of nitrogens with one attached hydrogen (secondary N) is 1. The third-order valence-corrected chi connectivity index (χ3v) is 3.52. The molecule has 5 heteroatoms. The number of aryl methyl sites for hydroxylation is 1. The Hall–Kier alpha value is -1.46. The number of aliphatic hydroxyl groups is 1. The summed E-state index contributed by atoms with van der Waals surface area (Å²) in [4.78, 5) is 0. The molecule has 2 rings (SSSR count). The van der Waals surface area contributed by atoms with Gasteiger partial charge in [0.2, 0.25) is 0 Å². The predicted molar refractivity (Wildman–Crippen MR) is 73.1 cm³/mol. The van der Waals surface area contributed by atoms with Crippen LogP contribution < -0.4 is 14.8 Å². The summed E-state index contributed by atoms with van der Waals surface area (Å²) >= 11 is 0. The van der Waals surface area contributed by atoms with Crippen LogP contribution in [0.5, 0.6) is 11.5 Å². The lowest BCUT2D eigenvalue weighted by molar-refractivity contribution is -0.128. The molecule has 5 nitrogen and oxygen atoms in total. The van der Waals surface area contributed by atoms with Crippen molar-refractivity contribution in [2.75, 3.05) is 45.9 Å². The molecule has 0 unspecified atom stereocenters. The molecule has 0 atom stereocenters. The number of rotatable bonds is 6. The van der Waals surface area contributed by atoms with Crippen molar-refractivity contribution in [2.45, 2.75) is 6.92 Å². The summed E-state index contributed by atoms with van der Waals surface area (Å²) in [5, 5.41) is 12.7. The van der Waals surface area contributed by atoms with Crippen LogP contribution in [-0.2, 0) is 4.74 Å². The maximum Gasteiger partial charge on any atom is 0.142 e. The van der Waals surface area contributed by atoms with E-state index < -0.39 is 0 Å². The second-order valence-corrected chi connectivity index (χ2v) is 5.03. The van der Waals surface area contributed by atoms with Crippen LogP contribution in [0.15, 0.2) is 12.1 Å². The molecule has 1 aliphatic rings. The van der Waals surface area contributed by atoms with E-state index in [0.29, 0.717) is 19.8 Å². The molecule has 2 N–H and O–H groups in total. The highest BCUT2D eigenvalue weighted by atomic mass is 16.5. The number of benzene rings is 1. The molecule has 0 aliphatic carbocycles. The van der Waals surface area contributed by atoms with E-state index in [9.17, 15) is 5.11 Å². The van der Waals surface area contributed by atoms with E-state index in [0.717, 1.165) is 22.7 Å². The van der Waals surface area contributed by atoms with Crippen LogP contribution in [0.25, 0.3) is 0 Å². The van der Waals surface area contributed by atoms with Crippen LogP contribution in [-0.4, -0.2) is 45.7 Å². The Morgan fingerprint density at radius 3 is 2.42 bits per heavy atom. The summed E-state index contributed by atoms with van der Waals surface area (Å²) in [6.07, 6.45) is 0. The highest BCUT2D eigenvalue weighted by molar-refractivity contribution is 5.62. The lowest BCUT2D eigenvalue weighted by Crippen LogP contribution is -2.50. The average molecular weight is 267 g/mol. The fourth-order valence-corrected chi connectivity index (χ4v) is 2.11. The largest absolute Gasteiger partial charge is 0.496 e. The summed E-state index contributed by atoms with van der Waals surface area (Å²) in [7, 11) is 3.29. The molecule has 1 saturated heterocycles. The Kier molecular flexibility index (Phi) is 4.17. The van der Waals surface area contributed by atoms with Gasteiger partial charge in [-0.3, -0.25) is 0 Å². The fraction of sp³-hybridized carbons (Fsp3) is 0.571. The standard InChI is InChI=1S/C14H21NO4/c1-10-4-13(18-3)11(5-12(10)17-2)15-6-14(7-16)8-19-9-14/h4-5,15-16H,6-9H2,1-3H3. The van der Waals surface area contributed by atoms with Crippen molar-refractivity contribution >= 4 is 5.69 Å². The van der Waals surface area contributed by atoms with Gasteiger partial charge >= 0.3 is 0 Å². The van der Waals surface area contributed by atoms with Crippen LogP contribution in [0.2, 0.25) is 0 Å². The highest BCUT2D eigenvalue weighted by Crippen LogP contribution is 2.34. The maximum absolute atomic E-state index is 9.41. The summed E-state index contributed by atoms with van der Waals surface area (Å²) < 4.78 is 15.9. The van der Waals surface area contributed by atoms with Gasteiger partial charge in [-0.1, -0.05) is 0 Å². The SMILES string of the molecule is COc1cc(NCC2(CO)COC2)c(OC)cc1C. The van der Waals surface area contributed by atoms with E-state index in [4.69, 9.17) is 14.2 Å². The van der Waals surface area contributed by atoms with Gasteiger partial charge in [0.1, 0.15) is 11.5 Å². The van der Waals surface area contributed by atoms with Crippen LogP contribution >= 0.6 is 0 Å². The summed E-state index contributed by atoms with van der Waals surface area (Å²) in [6.45, 7) is 3.90. The molecule has 0 amide bonds. The first kappa shape index (κ1) is 14.0. The Bertz CT molecular complexity index is 438. The zero-order valence-electron chi connectivity index (χ0n) is 11.7. The summed E-state index contributed by atoms with van der Waals surface area (Å²) in [5.41, 5.74) is 1.71. The molecule has 0 spiro atoms. The third-order valence-electron chi connectivity index (χ3n) is 3.52. The Balaban J connectivity index is 2.14. The number of aliphatic hydroxyl groups excluding tert-OH is 1. The summed E-state index contributed by atoms with van der Waals surface area (Å²) in [5.74, 6) is 1.58. The Morgan fingerprint density at radius 2 is 1.95 bits per heavy atom. The maximum atomic E-state index is 9.41. The highest BCUT2D eigenvalue weighted by Gasteiger charge is 2.38. The van der Waals surface area contributed by atoms with E-state index in [2.05, 4.69) is 5.32 Å². The Labute approximate surface area is 113 Å². The molecular weight excluding hydrogens is 246 g/mol. The van der Waals surface area contributed by atoms with Gasteiger partial charge in [-0.2, -0.15) is 0 Å². The fourth-order valence-electron chi connectivity index (χ4n) is 2.11. The average Bonchev–Trinajstić information content (AvgIpc) is 2.38. The van der Waals surface area contributed by atoms with E-state index in [1.165, 1.54) is 0 Å². The molecule has 1 aromatic carbocycles. The molecule has 1 aliphatic heterocycles. The van der Waals surface area contributed by atoms with Gasteiger partial charge in [-0.05, 0) is 18.6 Å². The van der Waals surface area contributed by atoms with E-state index in [-0.39, 0.29) is 12.0 Å². The van der Waals surface area contributed by atoms with Gasteiger partial charge in [0, 0.05) is 12.6 Å². The molecule has 0 saturated carbocycles. The van der Waals surface area contributed by atoms with Gasteiger partial charge in [-0.25, -0.2) is 0 Å². The number of methoxy groups -OCH3 is 2. The molecule has 0 radical (unpaired) electrons. The van der Waals surface area contributed by atoms with Crippen LogP contribution in [0, 0.1) is 12.3 Å². The summed E-state index contributed by atoms with van der Waals surface area (Å²) in [6, 6.07) is 3.85. The topological polar surface area (TPSA) is 60.0 Å². The molecule has 106 valence electrons. The minimum absolute atomic E-state index is 0.116. The quantitative estimate of drug-likeness (QED) is 0.816. The molecule has 0 bridgehead atoms. The smallest absolute Gasteiger partial charge is 0.142 e. The molecule has 1 fully saturated rings. The molecule has 19 heavy (non-hydrogen) atoms. The van der Waals surface area contributed by atoms with Gasteiger partial charge in [0.25, 0.3) is 0 Å². The van der Waals surface area contributed by atoms with Crippen molar-refractivity contribution < 1.29 is 19.3 Å². The minimum Gasteiger partial charge on any atom is -0.496 e. The first-order valence-corrected chi connectivity index (χ1v) is 6.29. The monoisotopic (exact) mass is 267 g/mol. The van der Waals surface area contributed by atoms with Crippen molar-refractivity contribution in [1.82, 2.24) is 0 Å². The van der Waals surface area contributed by atoms with E-state index in [1.807, 2.05) is 19.1 Å². The second-order valence-electron chi connectivity index (χ2n) is 5.03. The zero-order chi connectivity index (χ0) is 13.9. The van der Waals surface area contributed by atoms with Gasteiger partial charge in [0.15, 0.2) is 0 Å². The number of hydrogen-bond donors (Lipinski definition) is 2. The van der Waals surface area contributed by atoms with Gasteiger partial charge < -0.3 is 24.6 Å². The number of anilines is 1. The van der Waals surface area contributed by atoms with Gasteiger partial charge in [0.05, 0.1) is 45.1 Å². The van der Waals surface area contributed by atoms with Crippen LogP contribution in [0.4, 0.5) is 5.69 Å². The third kappa shape index (κ3) is 2.77. The molecule has 1 aromatic rings. The van der Waals surface area contributed by atoms with Crippen LogP contribution in [0.3, 0.4) is 0 Å². The molecule has 0 aromatic heterocycles. The predicted octanol–water partition coefficient (Wildman–Crippen LogP) is 1.43. The minimum atomic E-state index is -0.177. The van der Waals surface area contributed by atoms with Crippen molar-refractivity contribution in [3.8, 4) is 11.5 Å². The van der Waals surface area contributed by atoms with E-state index in [1.54, 1.807) is 14.2 Å². The van der Waals surface area contributed by atoms with Crippen molar-refractivity contribution in [2.24, 2.45) is 5.41 Å². The second kappa shape index (κ2) is 5.67.